The largest absolute Gasteiger partial charge is 0.436 e. The van der Waals surface area contributed by atoms with Gasteiger partial charge in [-0.2, -0.15) is 0 Å². The molecule has 1 aromatic heterocycles. The molecule has 3 nitrogen and oxygen atoms in total. The van der Waals surface area contributed by atoms with Gasteiger partial charge in [0.2, 0.25) is 5.89 Å². The van der Waals surface area contributed by atoms with Crippen molar-refractivity contribution in [3.63, 3.8) is 0 Å². The van der Waals surface area contributed by atoms with E-state index < -0.39 is 0 Å². The third kappa shape index (κ3) is 1.87. The predicted molar refractivity (Wildman–Crippen MR) is 65.3 cm³/mol. The number of aliphatic hydroxyl groups is 1. The lowest BCUT2D eigenvalue weighted by molar-refractivity contribution is 0.282. The molecule has 1 heterocycles. The monoisotopic (exact) mass is 243 g/mol. The van der Waals surface area contributed by atoms with Crippen LogP contribution in [0.3, 0.4) is 0 Å². The molecule has 0 saturated carbocycles. The fraction of sp³-hybridized carbons (Fsp3) is 0.0714. The van der Waals surface area contributed by atoms with Crippen molar-refractivity contribution < 1.29 is 13.9 Å². The van der Waals surface area contributed by atoms with Crippen molar-refractivity contribution in [2.24, 2.45) is 0 Å². The van der Waals surface area contributed by atoms with Crippen LogP contribution >= 0.6 is 0 Å². The van der Waals surface area contributed by atoms with Crippen LogP contribution < -0.4 is 0 Å². The van der Waals surface area contributed by atoms with E-state index in [-0.39, 0.29) is 12.4 Å². The number of aliphatic hydroxyl groups excluding tert-OH is 1. The molecule has 2 aromatic carbocycles. The summed E-state index contributed by atoms with van der Waals surface area (Å²) in [6.45, 7) is -0.0497. The molecule has 18 heavy (non-hydrogen) atoms. The minimum Gasteiger partial charge on any atom is -0.436 e. The molecule has 90 valence electrons. The first-order valence-electron chi connectivity index (χ1n) is 5.52. The SMILES string of the molecule is OCc1ccc2nc(-c3cccc(F)c3)oc2c1. The van der Waals surface area contributed by atoms with Crippen molar-refractivity contribution in [1.82, 2.24) is 4.98 Å². The van der Waals surface area contributed by atoms with Gasteiger partial charge < -0.3 is 9.52 Å². The van der Waals surface area contributed by atoms with Crippen molar-refractivity contribution in [3.8, 4) is 11.5 Å². The first-order chi connectivity index (χ1) is 8.76. The molecular formula is C14H10FNO2. The van der Waals surface area contributed by atoms with E-state index >= 15 is 0 Å². The highest BCUT2D eigenvalue weighted by atomic mass is 19.1. The molecule has 0 aliphatic rings. The molecule has 0 radical (unpaired) electrons. The second kappa shape index (κ2) is 4.23. The third-order valence-corrected chi connectivity index (χ3v) is 2.71. The maximum Gasteiger partial charge on any atom is 0.227 e. The fourth-order valence-electron chi connectivity index (χ4n) is 1.81. The summed E-state index contributed by atoms with van der Waals surface area (Å²) < 4.78 is 18.7. The average molecular weight is 243 g/mol. The van der Waals surface area contributed by atoms with E-state index in [0.717, 1.165) is 5.56 Å². The fourth-order valence-corrected chi connectivity index (χ4v) is 1.81. The Labute approximate surface area is 103 Å². The van der Waals surface area contributed by atoms with Gasteiger partial charge in [0.15, 0.2) is 5.58 Å². The molecule has 0 saturated heterocycles. The zero-order chi connectivity index (χ0) is 12.5. The van der Waals surface area contributed by atoms with Gasteiger partial charge in [0.1, 0.15) is 11.3 Å². The lowest BCUT2D eigenvalue weighted by Crippen LogP contribution is -1.80. The van der Waals surface area contributed by atoms with E-state index in [9.17, 15) is 4.39 Å². The first-order valence-corrected chi connectivity index (χ1v) is 5.52. The summed E-state index contributed by atoms with van der Waals surface area (Å²) in [6.07, 6.45) is 0. The van der Waals surface area contributed by atoms with Crippen LogP contribution in [0, 0.1) is 5.82 Å². The van der Waals surface area contributed by atoms with Gasteiger partial charge in [-0.05, 0) is 35.9 Å². The molecule has 0 amide bonds. The van der Waals surface area contributed by atoms with E-state index in [1.165, 1.54) is 12.1 Å². The Kier molecular flexibility index (Phi) is 2.57. The number of nitrogens with zero attached hydrogens (tertiary/aromatic N) is 1. The maximum absolute atomic E-state index is 13.1. The molecule has 4 heteroatoms. The third-order valence-electron chi connectivity index (χ3n) is 2.71. The van der Waals surface area contributed by atoms with Gasteiger partial charge in [-0.15, -0.1) is 0 Å². The van der Waals surface area contributed by atoms with Crippen LogP contribution in [0.5, 0.6) is 0 Å². The lowest BCUT2D eigenvalue weighted by atomic mass is 10.2. The number of fused-ring (bicyclic) bond motifs is 1. The van der Waals surface area contributed by atoms with Gasteiger partial charge in [-0.25, -0.2) is 9.37 Å². The quantitative estimate of drug-likeness (QED) is 0.752. The van der Waals surface area contributed by atoms with Crippen molar-refractivity contribution in [2.45, 2.75) is 6.61 Å². The van der Waals surface area contributed by atoms with Gasteiger partial charge in [0.05, 0.1) is 6.61 Å². The number of halogens is 1. The van der Waals surface area contributed by atoms with Gasteiger partial charge in [0, 0.05) is 5.56 Å². The first kappa shape index (κ1) is 10.9. The molecule has 0 spiro atoms. The van der Waals surface area contributed by atoms with Crippen LogP contribution in [0.15, 0.2) is 46.9 Å². The minimum absolute atomic E-state index is 0.0497. The van der Waals surface area contributed by atoms with Gasteiger partial charge >= 0.3 is 0 Å². The van der Waals surface area contributed by atoms with E-state index in [2.05, 4.69) is 4.98 Å². The van der Waals surface area contributed by atoms with Crippen LogP contribution in [-0.4, -0.2) is 10.1 Å². The zero-order valence-corrected chi connectivity index (χ0v) is 9.43. The average Bonchev–Trinajstić information content (AvgIpc) is 2.81. The molecule has 0 unspecified atom stereocenters. The summed E-state index contributed by atoms with van der Waals surface area (Å²) in [5.74, 6) is 0.0467. The molecule has 0 fully saturated rings. The zero-order valence-electron chi connectivity index (χ0n) is 9.43. The molecule has 3 rings (SSSR count). The summed E-state index contributed by atoms with van der Waals surface area (Å²) in [5, 5.41) is 9.05. The number of hydrogen-bond acceptors (Lipinski definition) is 3. The van der Waals surface area contributed by atoms with Crippen molar-refractivity contribution in [3.05, 3.63) is 53.8 Å². The highest BCUT2D eigenvalue weighted by molar-refractivity contribution is 5.76. The summed E-state index contributed by atoms with van der Waals surface area (Å²) in [6, 6.07) is 11.4. The van der Waals surface area contributed by atoms with Crippen molar-refractivity contribution in [2.75, 3.05) is 0 Å². The molecule has 0 aliphatic carbocycles. The topological polar surface area (TPSA) is 46.3 Å². The molecule has 3 aromatic rings. The minimum atomic E-state index is -0.328. The molecule has 0 atom stereocenters. The van der Waals surface area contributed by atoms with Gasteiger partial charge in [0.25, 0.3) is 0 Å². The maximum atomic E-state index is 13.1. The van der Waals surface area contributed by atoms with E-state index in [1.54, 1.807) is 30.3 Å². The second-order valence-electron chi connectivity index (χ2n) is 3.99. The highest BCUT2D eigenvalue weighted by Crippen LogP contribution is 2.25. The summed E-state index contributed by atoms with van der Waals surface area (Å²) >= 11 is 0. The van der Waals surface area contributed by atoms with Crippen LogP contribution in [0.25, 0.3) is 22.6 Å². The van der Waals surface area contributed by atoms with E-state index in [4.69, 9.17) is 9.52 Å². The van der Waals surface area contributed by atoms with Gasteiger partial charge in [-0.1, -0.05) is 12.1 Å². The van der Waals surface area contributed by atoms with Gasteiger partial charge in [-0.3, -0.25) is 0 Å². The lowest BCUT2D eigenvalue weighted by Gasteiger charge is -1.94. The normalized spacial score (nSPS) is 11.0. The standard InChI is InChI=1S/C14H10FNO2/c15-11-3-1-2-10(7-11)14-16-12-5-4-9(8-17)6-13(12)18-14/h1-7,17H,8H2. The Bertz CT molecular complexity index is 706. The predicted octanol–water partition coefficient (Wildman–Crippen LogP) is 3.13. The van der Waals surface area contributed by atoms with Crippen LogP contribution in [0.1, 0.15) is 5.56 Å². The van der Waals surface area contributed by atoms with Crippen LogP contribution in [-0.2, 0) is 6.61 Å². The number of rotatable bonds is 2. The van der Waals surface area contributed by atoms with E-state index in [0.29, 0.717) is 22.6 Å². The summed E-state index contributed by atoms with van der Waals surface area (Å²) in [7, 11) is 0. The van der Waals surface area contributed by atoms with Crippen molar-refractivity contribution in [1.29, 1.82) is 0 Å². The number of hydrogen-bond donors (Lipinski definition) is 1. The Morgan fingerprint density at radius 3 is 2.83 bits per heavy atom. The number of oxazole rings is 1. The molecule has 1 N–H and O–H groups in total. The smallest absolute Gasteiger partial charge is 0.227 e. The Hall–Kier alpha value is -2.20. The molecule has 0 bridgehead atoms. The highest BCUT2D eigenvalue weighted by Gasteiger charge is 2.09. The number of benzene rings is 2. The number of aromatic nitrogens is 1. The van der Waals surface area contributed by atoms with Crippen LogP contribution in [0.2, 0.25) is 0 Å². The van der Waals surface area contributed by atoms with Crippen LogP contribution in [0.4, 0.5) is 4.39 Å². The Balaban J connectivity index is 2.13. The molecule has 0 aliphatic heterocycles. The summed E-state index contributed by atoms with van der Waals surface area (Å²) in [4.78, 5) is 4.28. The van der Waals surface area contributed by atoms with E-state index in [1.807, 2.05) is 0 Å². The Morgan fingerprint density at radius 1 is 1.17 bits per heavy atom. The Morgan fingerprint density at radius 2 is 2.06 bits per heavy atom. The van der Waals surface area contributed by atoms with Crippen molar-refractivity contribution >= 4 is 11.1 Å². The second-order valence-corrected chi connectivity index (χ2v) is 3.99. The summed E-state index contributed by atoms with van der Waals surface area (Å²) in [5.41, 5.74) is 2.62. The molecular weight excluding hydrogens is 233 g/mol.